The zero-order valence-electron chi connectivity index (χ0n) is 8.73. The van der Waals surface area contributed by atoms with Crippen LogP contribution in [0, 0.1) is 0 Å². The second-order valence-corrected chi connectivity index (χ2v) is 2.71. The molecule has 0 saturated heterocycles. The third kappa shape index (κ3) is 5.81. The third-order valence-electron chi connectivity index (χ3n) is 1.48. The molecule has 0 unspecified atom stereocenters. The summed E-state index contributed by atoms with van der Waals surface area (Å²) in [6, 6.07) is -2.27. The molecule has 0 spiro atoms. The van der Waals surface area contributed by atoms with Crippen molar-refractivity contribution in [2.45, 2.75) is 13.0 Å². The van der Waals surface area contributed by atoms with Crippen LogP contribution in [0.5, 0.6) is 0 Å². The van der Waals surface area contributed by atoms with Crippen LogP contribution in [0.2, 0.25) is 0 Å². The van der Waals surface area contributed by atoms with Gasteiger partial charge in [0.1, 0.15) is 6.54 Å². The molecule has 0 fully saturated rings. The predicted octanol–water partition coefficient (Wildman–Crippen LogP) is -1.71. The molecule has 16 heavy (non-hydrogen) atoms. The normalized spacial score (nSPS) is 11.4. The van der Waals surface area contributed by atoms with E-state index in [1.165, 1.54) is 0 Å². The summed E-state index contributed by atoms with van der Waals surface area (Å²) in [5.41, 5.74) is 0. The second-order valence-electron chi connectivity index (χ2n) is 2.71. The number of ether oxygens (including phenoxy) is 1. The van der Waals surface area contributed by atoms with Crippen LogP contribution in [0.4, 0.5) is 4.79 Å². The van der Waals surface area contributed by atoms with Gasteiger partial charge in [-0.05, 0) is 6.92 Å². The van der Waals surface area contributed by atoms with Crippen molar-refractivity contribution in [3.05, 3.63) is 0 Å². The molecule has 0 aliphatic rings. The van der Waals surface area contributed by atoms with Gasteiger partial charge in [-0.1, -0.05) is 0 Å². The SMILES string of the molecule is CCOC(=O)CNC(=O)N[C@@H](CO)C(=O)O. The maximum absolute atomic E-state index is 11.0. The van der Waals surface area contributed by atoms with E-state index in [0.29, 0.717) is 0 Å². The van der Waals surface area contributed by atoms with Crippen LogP contribution in [-0.4, -0.2) is 54.0 Å². The number of aliphatic hydroxyl groups is 1. The number of carbonyl (C=O) groups is 3. The molecule has 0 aromatic rings. The van der Waals surface area contributed by atoms with E-state index in [0.717, 1.165) is 0 Å². The number of esters is 1. The molecule has 8 nitrogen and oxygen atoms in total. The molecular weight excluding hydrogens is 220 g/mol. The minimum atomic E-state index is -1.40. The molecule has 8 heteroatoms. The molecule has 0 aliphatic heterocycles. The number of hydrogen-bond donors (Lipinski definition) is 4. The number of rotatable bonds is 6. The van der Waals surface area contributed by atoms with E-state index in [-0.39, 0.29) is 13.2 Å². The highest BCUT2D eigenvalue weighted by atomic mass is 16.5. The summed E-state index contributed by atoms with van der Waals surface area (Å²) in [7, 11) is 0. The molecule has 1 atom stereocenters. The molecule has 0 rings (SSSR count). The van der Waals surface area contributed by atoms with Crippen LogP contribution >= 0.6 is 0 Å². The predicted molar refractivity (Wildman–Crippen MR) is 51.7 cm³/mol. The first-order chi connectivity index (χ1) is 7.51. The number of nitrogens with one attached hydrogen (secondary N) is 2. The van der Waals surface area contributed by atoms with Gasteiger partial charge in [0, 0.05) is 0 Å². The van der Waals surface area contributed by atoms with Crippen molar-refractivity contribution in [2.75, 3.05) is 19.8 Å². The number of aliphatic hydroxyl groups excluding tert-OH is 1. The second kappa shape index (κ2) is 7.46. The van der Waals surface area contributed by atoms with Crippen molar-refractivity contribution in [3.8, 4) is 0 Å². The van der Waals surface area contributed by atoms with Crippen LogP contribution < -0.4 is 10.6 Å². The maximum Gasteiger partial charge on any atom is 0.328 e. The van der Waals surface area contributed by atoms with Gasteiger partial charge in [0.2, 0.25) is 0 Å². The average molecular weight is 234 g/mol. The van der Waals surface area contributed by atoms with Gasteiger partial charge in [-0.25, -0.2) is 9.59 Å². The van der Waals surface area contributed by atoms with Gasteiger partial charge < -0.3 is 25.6 Å². The van der Waals surface area contributed by atoms with Crippen LogP contribution in [0.1, 0.15) is 6.92 Å². The first-order valence-electron chi connectivity index (χ1n) is 4.54. The largest absolute Gasteiger partial charge is 0.480 e. The van der Waals surface area contributed by atoms with Gasteiger partial charge in [-0.2, -0.15) is 0 Å². The Morgan fingerprint density at radius 1 is 1.38 bits per heavy atom. The van der Waals surface area contributed by atoms with E-state index in [1.54, 1.807) is 6.92 Å². The molecule has 2 amide bonds. The van der Waals surface area contributed by atoms with Crippen LogP contribution in [0.15, 0.2) is 0 Å². The number of carboxylic acid groups (broad SMARTS) is 1. The topological polar surface area (TPSA) is 125 Å². The fourth-order valence-electron chi connectivity index (χ4n) is 0.759. The summed E-state index contributed by atoms with van der Waals surface area (Å²) in [6.45, 7) is 0.709. The number of hydrogen-bond acceptors (Lipinski definition) is 5. The van der Waals surface area contributed by atoms with Gasteiger partial charge in [0.15, 0.2) is 6.04 Å². The standard InChI is InChI=1S/C8H14N2O6/c1-2-16-6(12)3-9-8(15)10-5(4-11)7(13)14/h5,11H,2-4H2,1H3,(H,13,14)(H2,9,10,15)/t5-/m0/s1. The lowest BCUT2D eigenvalue weighted by atomic mass is 10.3. The first kappa shape index (κ1) is 14.2. The molecule has 4 N–H and O–H groups in total. The van der Waals surface area contributed by atoms with E-state index < -0.39 is 30.6 Å². The summed E-state index contributed by atoms with van der Waals surface area (Å²) in [6.07, 6.45) is 0. The summed E-state index contributed by atoms with van der Waals surface area (Å²) in [4.78, 5) is 32.2. The molecule has 0 aromatic carbocycles. The zero-order chi connectivity index (χ0) is 12.6. The minimum Gasteiger partial charge on any atom is -0.480 e. The maximum atomic E-state index is 11.0. The van der Waals surface area contributed by atoms with Crippen molar-refractivity contribution < 1.29 is 29.3 Å². The Kier molecular flexibility index (Phi) is 6.61. The summed E-state index contributed by atoms with van der Waals surface area (Å²) in [5.74, 6) is -2.00. The fourth-order valence-corrected chi connectivity index (χ4v) is 0.759. The number of carboxylic acids is 1. The molecule has 0 saturated carbocycles. The Morgan fingerprint density at radius 2 is 2.00 bits per heavy atom. The van der Waals surface area contributed by atoms with Gasteiger partial charge in [-0.15, -0.1) is 0 Å². The lowest BCUT2D eigenvalue weighted by Gasteiger charge is -2.12. The van der Waals surface area contributed by atoms with E-state index in [1.807, 2.05) is 5.32 Å². The highest BCUT2D eigenvalue weighted by Gasteiger charge is 2.18. The number of aliphatic carboxylic acids is 1. The lowest BCUT2D eigenvalue weighted by molar-refractivity contribution is -0.141. The van der Waals surface area contributed by atoms with Crippen LogP contribution in [0.3, 0.4) is 0 Å². The Morgan fingerprint density at radius 3 is 2.44 bits per heavy atom. The van der Waals surface area contributed by atoms with E-state index in [2.05, 4.69) is 10.1 Å². The van der Waals surface area contributed by atoms with Crippen LogP contribution in [0.25, 0.3) is 0 Å². The first-order valence-corrected chi connectivity index (χ1v) is 4.54. The molecule has 0 aromatic heterocycles. The minimum absolute atomic E-state index is 0.191. The highest BCUT2D eigenvalue weighted by molar-refractivity contribution is 5.85. The van der Waals surface area contributed by atoms with Crippen molar-refractivity contribution in [3.63, 3.8) is 0 Å². The van der Waals surface area contributed by atoms with Crippen molar-refractivity contribution in [1.29, 1.82) is 0 Å². The van der Waals surface area contributed by atoms with Crippen molar-refractivity contribution in [2.24, 2.45) is 0 Å². The molecular formula is C8H14N2O6. The summed E-state index contributed by atoms with van der Waals surface area (Å²) in [5, 5.41) is 21.1. The van der Waals surface area contributed by atoms with E-state index in [4.69, 9.17) is 10.2 Å². The smallest absolute Gasteiger partial charge is 0.328 e. The average Bonchev–Trinajstić information content (AvgIpc) is 2.23. The molecule has 92 valence electrons. The summed E-state index contributed by atoms with van der Waals surface area (Å²) < 4.78 is 4.52. The Balaban J connectivity index is 3.89. The Hall–Kier alpha value is -1.83. The van der Waals surface area contributed by atoms with E-state index >= 15 is 0 Å². The Bertz CT molecular complexity index is 267. The lowest BCUT2D eigenvalue weighted by Crippen LogP contribution is -2.49. The molecule has 0 radical (unpaired) electrons. The highest BCUT2D eigenvalue weighted by Crippen LogP contribution is 1.82. The number of carbonyl (C=O) groups excluding carboxylic acids is 2. The number of amides is 2. The molecule has 0 aliphatic carbocycles. The van der Waals surface area contributed by atoms with Crippen molar-refractivity contribution in [1.82, 2.24) is 10.6 Å². The zero-order valence-corrected chi connectivity index (χ0v) is 8.73. The third-order valence-corrected chi connectivity index (χ3v) is 1.48. The quantitative estimate of drug-likeness (QED) is 0.406. The monoisotopic (exact) mass is 234 g/mol. The fraction of sp³-hybridized carbons (Fsp3) is 0.625. The molecule has 0 bridgehead atoms. The Labute approximate surface area is 91.6 Å². The number of urea groups is 1. The van der Waals surface area contributed by atoms with Crippen molar-refractivity contribution >= 4 is 18.0 Å². The van der Waals surface area contributed by atoms with Gasteiger partial charge in [-0.3, -0.25) is 4.79 Å². The van der Waals surface area contributed by atoms with Gasteiger partial charge in [0.05, 0.1) is 13.2 Å². The van der Waals surface area contributed by atoms with E-state index in [9.17, 15) is 14.4 Å². The molecule has 0 heterocycles. The van der Waals surface area contributed by atoms with Gasteiger partial charge >= 0.3 is 18.0 Å². The van der Waals surface area contributed by atoms with Gasteiger partial charge in [0.25, 0.3) is 0 Å². The van der Waals surface area contributed by atoms with Crippen LogP contribution in [-0.2, 0) is 14.3 Å². The summed E-state index contributed by atoms with van der Waals surface area (Å²) >= 11 is 0.